The molecule has 2 saturated heterocycles. The van der Waals surface area contributed by atoms with Crippen molar-refractivity contribution < 1.29 is 38.0 Å². The van der Waals surface area contributed by atoms with E-state index in [0.717, 1.165) is 79.1 Å². The van der Waals surface area contributed by atoms with Crippen LogP contribution in [0, 0.1) is 11.8 Å². The second-order valence-electron chi connectivity index (χ2n) is 14.4. The van der Waals surface area contributed by atoms with E-state index in [2.05, 4.69) is 0 Å². The summed E-state index contributed by atoms with van der Waals surface area (Å²) in [5, 5.41) is 0. The largest absolute Gasteiger partial charge is 0.493 e. The van der Waals surface area contributed by atoms with Crippen LogP contribution < -0.4 is 9.47 Å². The molecule has 4 aliphatic rings. The molecule has 7 atom stereocenters. The molecule has 4 aromatic carbocycles. The van der Waals surface area contributed by atoms with Crippen LogP contribution >= 0.6 is 0 Å². The van der Waals surface area contributed by atoms with E-state index in [9.17, 15) is 9.59 Å². The molecule has 8 heteroatoms. The fourth-order valence-electron chi connectivity index (χ4n) is 7.35. The Balaban J connectivity index is 0.758. The minimum Gasteiger partial charge on any atom is -0.493 e. The van der Waals surface area contributed by atoms with Crippen LogP contribution in [0.25, 0.3) is 22.3 Å². The fourth-order valence-corrected chi connectivity index (χ4v) is 7.35. The first-order valence-corrected chi connectivity index (χ1v) is 18.3. The van der Waals surface area contributed by atoms with Crippen molar-refractivity contribution in [3.8, 4) is 33.8 Å². The molecule has 0 amide bonds. The highest BCUT2D eigenvalue weighted by Gasteiger charge is 2.44. The van der Waals surface area contributed by atoms with E-state index in [1.165, 1.54) is 6.42 Å². The molecule has 0 bridgehead atoms. The molecule has 2 aliphatic heterocycles. The second-order valence-corrected chi connectivity index (χ2v) is 14.4. The van der Waals surface area contributed by atoms with Gasteiger partial charge in [-0.1, -0.05) is 48.5 Å². The predicted molar refractivity (Wildman–Crippen MR) is 192 cm³/mol. The minimum atomic E-state index is -0.613. The molecule has 7 unspecified atom stereocenters. The van der Waals surface area contributed by atoms with Gasteiger partial charge in [0.1, 0.15) is 24.2 Å². The van der Waals surface area contributed by atoms with E-state index in [0.29, 0.717) is 47.4 Å². The number of fused-ring (bicyclic) bond motifs is 2. The number of hydrogen-bond donors (Lipinski definition) is 0. The van der Waals surface area contributed by atoms with Crippen molar-refractivity contribution in [1.82, 2.24) is 0 Å². The van der Waals surface area contributed by atoms with Gasteiger partial charge >= 0.3 is 11.9 Å². The van der Waals surface area contributed by atoms with Gasteiger partial charge in [-0.15, -0.1) is 0 Å². The molecule has 8 nitrogen and oxygen atoms in total. The first-order valence-electron chi connectivity index (χ1n) is 18.3. The van der Waals surface area contributed by atoms with Crippen LogP contribution in [0.2, 0.25) is 0 Å². The van der Waals surface area contributed by atoms with Gasteiger partial charge in [0.25, 0.3) is 0 Å². The van der Waals surface area contributed by atoms with Gasteiger partial charge in [0, 0.05) is 0 Å². The zero-order chi connectivity index (χ0) is 34.7. The van der Waals surface area contributed by atoms with Gasteiger partial charge in [0.05, 0.1) is 48.8 Å². The highest BCUT2D eigenvalue weighted by molar-refractivity contribution is 5.91. The summed E-state index contributed by atoms with van der Waals surface area (Å²) in [6.07, 6.45) is 8.14. The quantitative estimate of drug-likeness (QED) is 0.102. The number of rotatable bonds is 13. The molecule has 264 valence electrons. The van der Waals surface area contributed by atoms with Crippen LogP contribution in [0.15, 0.2) is 97.1 Å². The third-order valence-electron chi connectivity index (χ3n) is 10.6. The maximum Gasteiger partial charge on any atom is 0.338 e. The Bertz CT molecular complexity index is 1800. The molecule has 0 N–H and O–H groups in total. The summed E-state index contributed by atoms with van der Waals surface area (Å²) in [6, 6.07) is 30.6. The van der Waals surface area contributed by atoms with Gasteiger partial charge in [-0.3, -0.25) is 0 Å². The van der Waals surface area contributed by atoms with Crippen molar-refractivity contribution in [3.05, 3.63) is 108 Å². The Kier molecular flexibility index (Phi) is 9.78. The van der Waals surface area contributed by atoms with Gasteiger partial charge in [-0.25, -0.2) is 9.59 Å². The van der Waals surface area contributed by atoms with Crippen LogP contribution in [-0.2, 0) is 18.9 Å². The Labute approximate surface area is 299 Å². The summed E-state index contributed by atoms with van der Waals surface area (Å²) in [7, 11) is 0. The molecule has 0 radical (unpaired) electrons. The van der Waals surface area contributed by atoms with Crippen LogP contribution in [0.1, 0.15) is 66.2 Å². The van der Waals surface area contributed by atoms with Gasteiger partial charge in [-0.05, 0) is 128 Å². The lowest BCUT2D eigenvalue weighted by atomic mass is 9.90. The number of epoxide rings is 2. The third kappa shape index (κ3) is 8.46. The summed E-state index contributed by atoms with van der Waals surface area (Å²) in [5.41, 5.74) is 4.89. The summed E-state index contributed by atoms with van der Waals surface area (Å²) in [6.45, 7) is 3.09. The molecular formula is C43H44O8. The summed E-state index contributed by atoms with van der Waals surface area (Å²) in [4.78, 5) is 25.5. The van der Waals surface area contributed by atoms with Gasteiger partial charge < -0.3 is 28.4 Å². The lowest BCUT2D eigenvalue weighted by Crippen LogP contribution is -2.22. The molecule has 2 heterocycles. The third-order valence-corrected chi connectivity index (χ3v) is 10.6. The Morgan fingerprint density at radius 2 is 0.980 bits per heavy atom. The molecule has 0 spiro atoms. The SMILES string of the molecule is CC(COC(=O)c1ccc(-c2ccc(OCC3CCC4OC4C3)cc2)cc1)OC(=O)c1ccc(-c2ccc(OCC3CCC4OC4C3)cc2)cc1. The average molecular weight is 689 g/mol. The molecule has 2 saturated carbocycles. The van der Waals surface area contributed by atoms with Crippen molar-refractivity contribution in [2.24, 2.45) is 11.8 Å². The van der Waals surface area contributed by atoms with E-state index >= 15 is 0 Å². The number of benzene rings is 4. The Morgan fingerprint density at radius 1 is 0.569 bits per heavy atom. The van der Waals surface area contributed by atoms with Crippen LogP contribution in [-0.4, -0.2) is 62.3 Å². The first kappa shape index (κ1) is 33.5. The van der Waals surface area contributed by atoms with E-state index in [1.807, 2.05) is 72.8 Å². The lowest BCUT2D eigenvalue weighted by molar-refractivity contribution is 0.00448. The predicted octanol–water partition coefficient (Wildman–Crippen LogP) is 8.32. The zero-order valence-electron chi connectivity index (χ0n) is 28.9. The van der Waals surface area contributed by atoms with Crippen molar-refractivity contribution >= 4 is 11.9 Å². The number of carbonyl (C=O) groups is 2. The normalized spacial score (nSPS) is 25.0. The zero-order valence-corrected chi connectivity index (χ0v) is 28.9. The molecule has 4 aromatic rings. The van der Waals surface area contributed by atoms with Gasteiger partial charge in [-0.2, -0.15) is 0 Å². The van der Waals surface area contributed by atoms with Crippen molar-refractivity contribution in [2.75, 3.05) is 19.8 Å². The standard InChI is InChI=1S/C43H44O8/c1-27(49-43(45)35-10-6-31(7-11-35)33-14-18-37(19-15-33)47-26-29-3-21-39-41(23-29)51-39)24-48-42(44)34-8-4-30(5-9-34)32-12-16-36(17-13-32)46-25-28-2-20-38-40(22-28)50-38/h4-19,27-29,38-41H,2-3,20-26H2,1H3. The van der Waals surface area contributed by atoms with Gasteiger partial charge in [0.2, 0.25) is 0 Å². The van der Waals surface area contributed by atoms with E-state index in [-0.39, 0.29) is 6.61 Å². The van der Waals surface area contributed by atoms with Crippen LogP contribution in [0.3, 0.4) is 0 Å². The number of esters is 2. The van der Waals surface area contributed by atoms with Crippen molar-refractivity contribution in [1.29, 1.82) is 0 Å². The number of carbonyl (C=O) groups excluding carboxylic acids is 2. The maximum atomic E-state index is 12.8. The highest BCUT2D eigenvalue weighted by atomic mass is 16.6. The lowest BCUT2D eigenvalue weighted by Gasteiger charge is -2.19. The minimum absolute atomic E-state index is 0.0506. The monoisotopic (exact) mass is 688 g/mol. The topological polar surface area (TPSA) is 96.1 Å². The van der Waals surface area contributed by atoms with Gasteiger partial charge in [0.15, 0.2) is 0 Å². The fraction of sp³-hybridized carbons (Fsp3) is 0.395. The summed E-state index contributed by atoms with van der Waals surface area (Å²) < 4.78 is 34.4. The summed E-state index contributed by atoms with van der Waals surface area (Å²) >= 11 is 0. The molecule has 0 aromatic heterocycles. The van der Waals surface area contributed by atoms with E-state index < -0.39 is 18.0 Å². The van der Waals surface area contributed by atoms with Crippen molar-refractivity contribution in [2.45, 2.75) is 76.0 Å². The van der Waals surface area contributed by atoms with Crippen LogP contribution in [0.5, 0.6) is 11.5 Å². The number of hydrogen-bond acceptors (Lipinski definition) is 8. The highest BCUT2D eigenvalue weighted by Crippen LogP contribution is 2.40. The van der Waals surface area contributed by atoms with E-state index in [1.54, 1.807) is 31.2 Å². The summed E-state index contributed by atoms with van der Waals surface area (Å²) in [5.74, 6) is 1.88. The van der Waals surface area contributed by atoms with Crippen LogP contribution in [0.4, 0.5) is 0 Å². The second kappa shape index (κ2) is 14.9. The maximum absolute atomic E-state index is 12.8. The molecule has 51 heavy (non-hydrogen) atoms. The first-order chi connectivity index (χ1) is 24.9. The Morgan fingerprint density at radius 3 is 1.41 bits per heavy atom. The molecule has 2 aliphatic carbocycles. The van der Waals surface area contributed by atoms with Crippen molar-refractivity contribution in [3.63, 3.8) is 0 Å². The van der Waals surface area contributed by atoms with E-state index in [4.69, 9.17) is 28.4 Å². The number of ether oxygens (including phenoxy) is 6. The molecule has 4 fully saturated rings. The molecule has 8 rings (SSSR count). The average Bonchev–Trinajstić information content (AvgIpc) is 4.11. The molecular weight excluding hydrogens is 644 g/mol. The smallest absolute Gasteiger partial charge is 0.338 e. The Hall–Kier alpha value is -4.66.